The van der Waals surface area contributed by atoms with Crippen LogP contribution in [0, 0.1) is 16.3 Å². The zero-order valence-corrected chi connectivity index (χ0v) is 18.8. The van der Waals surface area contributed by atoms with E-state index in [4.69, 9.17) is 16.6 Å². The Morgan fingerprint density at radius 3 is 2.26 bits per heavy atom. The van der Waals surface area contributed by atoms with E-state index in [2.05, 4.69) is 13.8 Å². The Morgan fingerprint density at radius 2 is 1.55 bits per heavy atom. The van der Waals surface area contributed by atoms with Crippen molar-refractivity contribution in [1.82, 2.24) is 0 Å². The Kier molecular flexibility index (Phi) is 6.47. The molecule has 4 heteroatoms. The maximum atomic E-state index is 15.3. The van der Waals surface area contributed by atoms with Crippen LogP contribution in [-0.2, 0) is 12.8 Å². The number of halogens is 2. The van der Waals surface area contributed by atoms with Gasteiger partial charge in [-0.3, -0.25) is 0 Å². The van der Waals surface area contributed by atoms with Gasteiger partial charge in [-0.1, -0.05) is 69.5 Å². The summed E-state index contributed by atoms with van der Waals surface area (Å²) in [5.74, 6) is -1.76. The largest absolute Gasteiger partial charge is 0.444 e. The Morgan fingerprint density at radius 1 is 0.806 bits per heavy atom. The molecule has 0 aliphatic carbocycles. The molecule has 0 fully saturated rings. The van der Waals surface area contributed by atoms with Gasteiger partial charge in [0.15, 0.2) is 16.3 Å². The normalized spacial score (nSPS) is 11.5. The second-order valence-corrected chi connectivity index (χ2v) is 8.47. The van der Waals surface area contributed by atoms with Gasteiger partial charge in [0.25, 0.3) is 0 Å². The molecule has 0 N–H and O–H groups in total. The summed E-state index contributed by atoms with van der Waals surface area (Å²) in [5.41, 5.74) is 3.35. The van der Waals surface area contributed by atoms with E-state index in [1.807, 2.05) is 42.5 Å². The monoisotopic (exact) mass is 436 g/mol. The predicted octanol–water partition coefficient (Wildman–Crippen LogP) is 8.95. The van der Waals surface area contributed by atoms with Crippen LogP contribution in [0.5, 0.6) is 0 Å². The number of rotatable bonds is 7. The summed E-state index contributed by atoms with van der Waals surface area (Å²) in [5, 5.41) is 1.48. The van der Waals surface area contributed by atoms with E-state index in [0.29, 0.717) is 21.2 Å². The van der Waals surface area contributed by atoms with Crippen LogP contribution in [0.15, 0.2) is 52.9 Å². The van der Waals surface area contributed by atoms with Crippen molar-refractivity contribution in [3.05, 3.63) is 76.0 Å². The molecule has 3 aromatic carbocycles. The van der Waals surface area contributed by atoms with Crippen molar-refractivity contribution in [2.24, 2.45) is 0 Å². The van der Waals surface area contributed by atoms with Crippen LogP contribution in [0.2, 0.25) is 0 Å². The lowest BCUT2D eigenvalue weighted by atomic mass is 9.97. The second-order valence-electron chi connectivity index (χ2n) is 8.10. The molecule has 160 valence electrons. The smallest absolute Gasteiger partial charge is 0.194 e. The molecule has 1 aromatic heterocycles. The van der Waals surface area contributed by atoms with E-state index in [0.717, 1.165) is 49.5 Å². The molecule has 4 aromatic rings. The summed E-state index contributed by atoms with van der Waals surface area (Å²) in [6.07, 6.45) is 6.10. The Labute approximate surface area is 186 Å². The number of hydrogen-bond acceptors (Lipinski definition) is 2. The fourth-order valence-corrected chi connectivity index (χ4v) is 4.37. The van der Waals surface area contributed by atoms with Gasteiger partial charge in [0, 0.05) is 16.5 Å². The van der Waals surface area contributed by atoms with Gasteiger partial charge < -0.3 is 4.42 Å². The average molecular weight is 437 g/mol. The number of benzene rings is 3. The Hall–Kier alpha value is -2.59. The van der Waals surface area contributed by atoms with Crippen molar-refractivity contribution in [2.45, 2.75) is 52.4 Å². The third kappa shape index (κ3) is 4.27. The molecule has 0 aliphatic rings. The topological polar surface area (TPSA) is 13.1 Å². The third-order valence-corrected chi connectivity index (χ3v) is 6.15. The molecule has 0 unspecified atom stereocenters. The van der Waals surface area contributed by atoms with E-state index in [-0.39, 0.29) is 10.9 Å². The SMILES string of the molecule is CCCCCc1cc2ccc3cc(-c4ccc(CCC)cc4)c(F)c(F)c3c2oc1=S. The molecule has 0 saturated carbocycles. The third-order valence-electron chi connectivity index (χ3n) is 5.81. The second kappa shape index (κ2) is 9.27. The van der Waals surface area contributed by atoms with Crippen molar-refractivity contribution >= 4 is 34.0 Å². The molecule has 1 heterocycles. The molecule has 31 heavy (non-hydrogen) atoms. The van der Waals surface area contributed by atoms with Crippen LogP contribution in [0.1, 0.15) is 50.7 Å². The molecule has 0 amide bonds. The van der Waals surface area contributed by atoms with E-state index < -0.39 is 11.6 Å². The van der Waals surface area contributed by atoms with Crippen molar-refractivity contribution in [3.63, 3.8) is 0 Å². The number of fused-ring (bicyclic) bond motifs is 3. The minimum atomic E-state index is -0.896. The molecule has 0 radical (unpaired) electrons. The van der Waals surface area contributed by atoms with E-state index in [1.54, 1.807) is 6.07 Å². The van der Waals surface area contributed by atoms with Crippen LogP contribution in [-0.4, -0.2) is 0 Å². The highest BCUT2D eigenvalue weighted by molar-refractivity contribution is 7.71. The van der Waals surface area contributed by atoms with Crippen LogP contribution < -0.4 is 0 Å². The first-order valence-corrected chi connectivity index (χ1v) is 11.4. The fraction of sp³-hybridized carbons (Fsp3) is 0.296. The van der Waals surface area contributed by atoms with Gasteiger partial charge in [-0.2, -0.15) is 0 Å². The lowest BCUT2D eigenvalue weighted by Crippen LogP contribution is -1.95. The number of hydrogen-bond donors (Lipinski definition) is 0. The molecular weight excluding hydrogens is 410 g/mol. The first-order valence-electron chi connectivity index (χ1n) is 11.0. The van der Waals surface area contributed by atoms with Gasteiger partial charge >= 0.3 is 0 Å². The van der Waals surface area contributed by atoms with Gasteiger partial charge in [0.05, 0.1) is 5.39 Å². The molecular formula is C27H26F2OS. The highest BCUT2D eigenvalue weighted by Gasteiger charge is 2.18. The van der Waals surface area contributed by atoms with E-state index in [9.17, 15) is 0 Å². The van der Waals surface area contributed by atoms with Crippen LogP contribution in [0.3, 0.4) is 0 Å². The summed E-state index contributed by atoms with van der Waals surface area (Å²) >= 11 is 5.42. The number of aryl methyl sites for hydroxylation is 2. The van der Waals surface area contributed by atoms with Crippen molar-refractivity contribution in [1.29, 1.82) is 0 Å². The lowest BCUT2D eigenvalue weighted by molar-refractivity contribution is 0.517. The van der Waals surface area contributed by atoms with Gasteiger partial charge in [-0.05, 0) is 60.1 Å². The Bertz CT molecular complexity index is 1290. The van der Waals surface area contributed by atoms with Crippen molar-refractivity contribution in [3.8, 4) is 11.1 Å². The summed E-state index contributed by atoms with van der Waals surface area (Å²) in [7, 11) is 0. The maximum absolute atomic E-state index is 15.3. The quantitative estimate of drug-likeness (QED) is 0.163. The van der Waals surface area contributed by atoms with Gasteiger partial charge in [-0.25, -0.2) is 8.78 Å². The van der Waals surface area contributed by atoms with Crippen molar-refractivity contribution in [2.75, 3.05) is 0 Å². The van der Waals surface area contributed by atoms with Crippen LogP contribution in [0.25, 0.3) is 32.9 Å². The predicted molar refractivity (Wildman–Crippen MR) is 127 cm³/mol. The molecule has 0 aliphatic heterocycles. The highest BCUT2D eigenvalue weighted by atomic mass is 32.1. The van der Waals surface area contributed by atoms with Gasteiger partial charge in [0.2, 0.25) is 0 Å². The molecule has 0 saturated heterocycles. The summed E-state index contributed by atoms with van der Waals surface area (Å²) in [6, 6.07) is 15.0. The average Bonchev–Trinajstić information content (AvgIpc) is 2.77. The minimum absolute atomic E-state index is 0.146. The van der Waals surface area contributed by atoms with Crippen LogP contribution >= 0.6 is 12.2 Å². The van der Waals surface area contributed by atoms with Gasteiger partial charge in [-0.15, -0.1) is 0 Å². The summed E-state index contributed by atoms with van der Waals surface area (Å²) in [4.78, 5) is 0. The first kappa shape index (κ1) is 21.6. The van der Waals surface area contributed by atoms with Crippen molar-refractivity contribution < 1.29 is 13.2 Å². The molecule has 4 rings (SSSR count). The Balaban J connectivity index is 1.83. The molecule has 1 nitrogen and oxygen atoms in total. The zero-order valence-electron chi connectivity index (χ0n) is 17.9. The lowest BCUT2D eigenvalue weighted by Gasteiger charge is -2.11. The minimum Gasteiger partial charge on any atom is -0.444 e. The summed E-state index contributed by atoms with van der Waals surface area (Å²) in [6.45, 7) is 4.26. The van der Waals surface area contributed by atoms with Crippen LogP contribution in [0.4, 0.5) is 8.78 Å². The summed E-state index contributed by atoms with van der Waals surface area (Å²) < 4.78 is 36.6. The standard InChI is InChI=1S/C27H26F2OS/c1-3-5-6-8-21-15-20-14-13-19-16-22(18-11-9-17(7-4-2)10-12-18)24(28)25(29)23(19)26(20)30-27(21)31/h9-16H,3-8H2,1-2H3. The highest BCUT2D eigenvalue weighted by Crippen LogP contribution is 2.35. The molecule has 0 atom stereocenters. The molecule has 0 bridgehead atoms. The zero-order chi connectivity index (χ0) is 22.0. The fourth-order valence-electron chi connectivity index (χ4n) is 4.13. The van der Waals surface area contributed by atoms with E-state index >= 15 is 8.78 Å². The first-order chi connectivity index (χ1) is 15.0. The van der Waals surface area contributed by atoms with E-state index in [1.165, 1.54) is 5.56 Å². The maximum Gasteiger partial charge on any atom is 0.194 e. The number of unbranched alkanes of at least 4 members (excludes halogenated alkanes) is 2. The van der Waals surface area contributed by atoms with Gasteiger partial charge in [0.1, 0.15) is 5.58 Å². The molecule has 0 spiro atoms.